The van der Waals surface area contributed by atoms with Crippen LogP contribution in [0.1, 0.15) is 12.8 Å². The highest BCUT2D eigenvalue weighted by atomic mass is 19.3. The van der Waals surface area contributed by atoms with E-state index in [0.717, 1.165) is 6.08 Å². The lowest BCUT2D eigenvalue weighted by Gasteiger charge is -2.40. The van der Waals surface area contributed by atoms with Gasteiger partial charge >= 0.3 is 5.92 Å². The maximum Gasteiger partial charge on any atom is 0.315 e. The van der Waals surface area contributed by atoms with E-state index >= 15 is 0 Å². The number of carbonyl (C=O) groups excluding carboxylic acids is 1. The minimum absolute atomic E-state index is 0.0586. The summed E-state index contributed by atoms with van der Waals surface area (Å²) >= 11 is 0. The van der Waals surface area contributed by atoms with Gasteiger partial charge in [-0.1, -0.05) is 6.08 Å². The van der Waals surface area contributed by atoms with E-state index in [1.54, 1.807) is 0 Å². The molecule has 0 spiro atoms. The second-order valence-electron chi connectivity index (χ2n) is 4.07. The third-order valence-corrected chi connectivity index (χ3v) is 3.17. The van der Waals surface area contributed by atoms with Gasteiger partial charge in [0.15, 0.2) is 0 Å². The monoisotopic (exact) mass is 222 g/mol. The number of rotatable bonds is 0. The highest BCUT2D eigenvalue weighted by Crippen LogP contribution is 2.46. The molecule has 0 aliphatic heterocycles. The molecular formula is C10H10F4O. The Morgan fingerprint density at radius 1 is 1.27 bits per heavy atom. The normalized spacial score (nSPS) is 43.9. The van der Waals surface area contributed by atoms with Crippen molar-refractivity contribution in [1.82, 2.24) is 0 Å². The Kier molecular flexibility index (Phi) is 2.35. The first-order valence-electron chi connectivity index (χ1n) is 4.83. The van der Waals surface area contributed by atoms with E-state index in [1.807, 2.05) is 0 Å². The number of hydrogen-bond acceptors (Lipinski definition) is 1. The van der Waals surface area contributed by atoms with E-state index in [4.69, 9.17) is 0 Å². The zero-order valence-electron chi connectivity index (χ0n) is 7.80. The largest absolute Gasteiger partial charge is 0.315 e. The molecule has 2 aliphatic carbocycles. The summed E-state index contributed by atoms with van der Waals surface area (Å²) in [7, 11) is 0. The topological polar surface area (TPSA) is 17.1 Å². The van der Waals surface area contributed by atoms with E-state index in [0.29, 0.717) is 0 Å². The molecule has 2 aliphatic rings. The molecule has 1 nitrogen and oxygen atoms in total. The third-order valence-electron chi connectivity index (χ3n) is 3.17. The Morgan fingerprint density at radius 3 is 2.60 bits per heavy atom. The van der Waals surface area contributed by atoms with Crippen LogP contribution in [0.2, 0.25) is 0 Å². The highest BCUT2D eigenvalue weighted by Gasteiger charge is 2.58. The van der Waals surface area contributed by atoms with Gasteiger partial charge in [0, 0.05) is 0 Å². The lowest BCUT2D eigenvalue weighted by molar-refractivity contribution is -0.164. The minimum atomic E-state index is -3.76. The number of fused-ring (bicyclic) bond motifs is 1. The van der Waals surface area contributed by atoms with Crippen LogP contribution in [-0.4, -0.2) is 24.0 Å². The van der Waals surface area contributed by atoms with Gasteiger partial charge in [-0.2, -0.15) is 8.78 Å². The average Bonchev–Trinajstić information content (AvgIpc) is 2.17. The zero-order chi connectivity index (χ0) is 11.2. The fraction of sp³-hybridized carbons (Fsp3) is 0.700. The van der Waals surface area contributed by atoms with Gasteiger partial charge in [0.1, 0.15) is 12.3 Å². The summed E-state index contributed by atoms with van der Waals surface area (Å²) in [6.07, 6.45) is -1.94. The number of alkyl halides is 4. The van der Waals surface area contributed by atoms with Crippen LogP contribution in [0.4, 0.5) is 17.6 Å². The molecule has 84 valence electrons. The summed E-state index contributed by atoms with van der Waals surface area (Å²) in [5.41, 5.74) is 0. The van der Waals surface area contributed by atoms with Crippen molar-refractivity contribution in [2.75, 3.05) is 0 Å². The van der Waals surface area contributed by atoms with Crippen LogP contribution >= 0.6 is 0 Å². The molecule has 1 fully saturated rings. The molecule has 0 aromatic rings. The number of allylic oxidation sites excluding steroid dienone is 2. The quantitative estimate of drug-likeness (QED) is 0.575. The first kappa shape index (κ1) is 10.6. The average molecular weight is 222 g/mol. The Balaban J connectivity index is 2.36. The van der Waals surface area contributed by atoms with Crippen molar-refractivity contribution in [2.45, 2.75) is 31.1 Å². The molecule has 2 rings (SSSR count). The number of carbonyl (C=O) groups is 1. The molecule has 4 atom stereocenters. The smallest absolute Gasteiger partial charge is 0.288 e. The molecule has 15 heavy (non-hydrogen) atoms. The van der Waals surface area contributed by atoms with Crippen LogP contribution in [-0.2, 0) is 4.79 Å². The Labute approximate surface area is 84.1 Å². The summed E-state index contributed by atoms with van der Waals surface area (Å²) in [4.78, 5) is 10.9. The summed E-state index contributed by atoms with van der Waals surface area (Å²) in [6, 6.07) is 0. The van der Waals surface area contributed by atoms with E-state index in [-0.39, 0.29) is 12.8 Å². The minimum Gasteiger partial charge on any atom is -0.288 e. The summed E-state index contributed by atoms with van der Waals surface area (Å²) in [5.74, 6) is -7.72. The van der Waals surface area contributed by atoms with Gasteiger partial charge in [-0.25, -0.2) is 8.78 Å². The fourth-order valence-electron chi connectivity index (χ4n) is 2.32. The lowest BCUT2D eigenvalue weighted by Crippen LogP contribution is -2.52. The summed E-state index contributed by atoms with van der Waals surface area (Å²) in [5, 5.41) is 0. The molecule has 0 saturated heterocycles. The van der Waals surface area contributed by atoms with Gasteiger partial charge in [0.2, 0.25) is 5.78 Å². The molecule has 0 heterocycles. The van der Waals surface area contributed by atoms with Crippen LogP contribution in [0.3, 0.4) is 0 Å². The molecule has 0 aromatic carbocycles. The molecule has 0 aromatic heterocycles. The molecular weight excluding hydrogens is 212 g/mol. The Bertz CT molecular complexity index is 313. The molecule has 5 heteroatoms. The Hall–Kier alpha value is -0.870. The molecule has 1 saturated carbocycles. The van der Waals surface area contributed by atoms with Gasteiger partial charge in [-0.15, -0.1) is 0 Å². The number of ketones is 1. The van der Waals surface area contributed by atoms with Crippen molar-refractivity contribution < 1.29 is 22.4 Å². The van der Waals surface area contributed by atoms with Crippen LogP contribution < -0.4 is 0 Å². The Morgan fingerprint density at radius 2 is 1.93 bits per heavy atom. The third kappa shape index (κ3) is 1.48. The predicted molar refractivity (Wildman–Crippen MR) is 45.1 cm³/mol. The van der Waals surface area contributed by atoms with Gasteiger partial charge in [0.05, 0.1) is 5.92 Å². The van der Waals surface area contributed by atoms with E-state index in [1.165, 1.54) is 6.08 Å². The van der Waals surface area contributed by atoms with Crippen LogP contribution in [0.15, 0.2) is 12.2 Å². The molecule has 0 radical (unpaired) electrons. The summed E-state index contributed by atoms with van der Waals surface area (Å²) < 4.78 is 53.0. The van der Waals surface area contributed by atoms with E-state index < -0.39 is 35.9 Å². The van der Waals surface area contributed by atoms with Gasteiger partial charge in [-0.3, -0.25) is 4.79 Å². The second kappa shape index (κ2) is 3.32. The first-order valence-corrected chi connectivity index (χ1v) is 4.83. The predicted octanol–water partition coefficient (Wildman–Crippen LogP) is 2.46. The van der Waals surface area contributed by atoms with Crippen molar-refractivity contribution in [3.63, 3.8) is 0 Å². The number of halogens is 4. The van der Waals surface area contributed by atoms with Gasteiger partial charge in [0.25, 0.3) is 0 Å². The van der Waals surface area contributed by atoms with E-state index in [9.17, 15) is 22.4 Å². The van der Waals surface area contributed by atoms with Gasteiger partial charge in [-0.05, 0) is 24.8 Å². The maximum atomic E-state index is 13.4. The maximum absolute atomic E-state index is 13.4. The zero-order valence-corrected chi connectivity index (χ0v) is 7.80. The SMILES string of the molecule is O=C1C=CC2CCC(F)C(F)C2C1(F)F. The highest BCUT2D eigenvalue weighted by molar-refractivity contribution is 5.97. The van der Waals surface area contributed by atoms with Crippen LogP contribution in [0.25, 0.3) is 0 Å². The molecule has 0 N–H and O–H groups in total. The van der Waals surface area contributed by atoms with Crippen molar-refractivity contribution >= 4 is 5.78 Å². The van der Waals surface area contributed by atoms with Crippen molar-refractivity contribution in [1.29, 1.82) is 0 Å². The molecule has 0 bridgehead atoms. The van der Waals surface area contributed by atoms with E-state index in [2.05, 4.69) is 0 Å². The van der Waals surface area contributed by atoms with Crippen LogP contribution in [0, 0.1) is 11.8 Å². The molecule has 0 amide bonds. The van der Waals surface area contributed by atoms with Crippen molar-refractivity contribution in [3.05, 3.63) is 12.2 Å². The first-order chi connectivity index (χ1) is 6.94. The number of hydrogen-bond donors (Lipinski definition) is 0. The lowest BCUT2D eigenvalue weighted by atomic mass is 9.70. The van der Waals surface area contributed by atoms with Crippen molar-refractivity contribution in [2.24, 2.45) is 11.8 Å². The van der Waals surface area contributed by atoms with Crippen molar-refractivity contribution in [3.8, 4) is 0 Å². The van der Waals surface area contributed by atoms with Gasteiger partial charge < -0.3 is 0 Å². The fourth-order valence-corrected chi connectivity index (χ4v) is 2.32. The summed E-state index contributed by atoms with van der Waals surface area (Å²) in [6.45, 7) is 0. The standard InChI is InChI=1S/C10H10F4O/c11-6-3-1-5-2-4-7(15)10(13,14)8(5)9(6)12/h2,4-6,8-9H,1,3H2. The molecule has 4 unspecified atom stereocenters. The van der Waals surface area contributed by atoms with Crippen LogP contribution in [0.5, 0.6) is 0 Å². The second-order valence-corrected chi connectivity index (χ2v) is 4.07.